The maximum atomic E-state index is 12.8. The lowest BCUT2D eigenvalue weighted by Crippen LogP contribution is -2.43. The number of ether oxygens (including phenoxy) is 1. The van der Waals surface area contributed by atoms with Gasteiger partial charge in [0.15, 0.2) is 0 Å². The van der Waals surface area contributed by atoms with E-state index in [0.29, 0.717) is 24.2 Å². The van der Waals surface area contributed by atoms with Gasteiger partial charge in [0.2, 0.25) is 5.91 Å². The fraction of sp³-hybridized carbons (Fsp3) is 0.448. The van der Waals surface area contributed by atoms with E-state index in [0.717, 1.165) is 41.5 Å². The third-order valence-corrected chi connectivity index (χ3v) is 9.02. The fourth-order valence-corrected chi connectivity index (χ4v) is 7.28. The van der Waals surface area contributed by atoms with Crippen molar-refractivity contribution < 1.29 is 9.53 Å². The quantitative estimate of drug-likeness (QED) is 0.492. The highest BCUT2D eigenvalue weighted by atomic mass is 16.5. The molecule has 34 heavy (non-hydrogen) atoms. The van der Waals surface area contributed by atoms with Crippen molar-refractivity contribution in [2.24, 2.45) is 22.4 Å². The summed E-state index contributed by atoms with van der Waals surface area (Å²) in [6, 6.07) is 14.8. The maximum Gasteiger partial charge on any atom is 0.244 e. The Labute approximate surface area is 201 Å². The molecule has 2 aromatic carbocycles. The molecule has 1 aromatic heterocycles. The van der Waals surface area contributed by atoms with Crippen LogP contribution in [-0.2, 0) is 17.6 Å². The van der Waals surface area contributed by atoms with E-state index < -0.39 is 0 Å². The van der Waals surface area contributed by atoms with Crippen LogP contribution in [0.2, 0.25) is 0 Å². The lowest BCUT2D eigenvalue weighted by Gasteiger charge is -2.49. The van der Waals surface area contributed by atoms with E-state index in [1.54, 1.807) is 7.11 Å². The molecule has 6 rings (SSSR count). The molecule has 3 aliphatic carbocycles. The lowest BCUT2D eigenvalue weighted by atomic mass is 9.55. The van der Waals surface area contributed by atoms with Gasteiger partial charge in [-0.1, -0.05) is 31.2 Å². The number of aromatic nitrogens is 1. The van der Waals surface area contributed by atoms with Crippen LogP contribution in [0.3, 0.4) is 0 Å². The van der Waals surface area contributed by atoms with Crippen LogP contribution in [0, 0.1) is 17.3 Å². The summed E-state index contributed by atoms with van der Waals surface area (Å²) in [4.78, 5) is 16.0. The molecule has 5 nitrogen and oxygen atoms in total. The second-order valence-electron chi connectivity index (χ2n) is 10.6. The Kier molecular flexibility index (Phi) is 5.23. The average Bonchev–Trinajstić information content (AvgIpc) is 3.42. The smallest absolute Gasteiger partial charge is 0.244 e. The summed E-state index contributed by atoms with van der Waals surface area (Å²) in [6.07, 6.45) is 9.15. The Bertz CT molecular complexity index is 1280. The molecule has 4 unspecified atom stereocenters. The van der Waals surface area contributed by atoms with E-state index >= 15 is 0 Å². The zero-order chi connectivity index (χ0) is 23.3. The Morgan fingerprint density at radius 2 is 2.06 bits per heavy atom. The summed E-state index contributed by atoms with van der Waals surface area (Å²) >= 11 is 0. The molecule has 0 spiro atoms. The number of nitrogens with one attached hydrogen (secondary N) is 2. The molecule has 0 bridgehead atoms. The summed E-state index contributed by atoms with van der Waals surface area (Å²) in [5, 5.41) is 5.84. The first-order valence-corrected chi connectivity index (χ1v) is 12.6. The van der Waals surface area contributed by atoms with Gasteiger partial charge in [-0.3, -0.25) is 4.79 Å². The molecule has 176 valence electrons. The van der Waals surface area contributed by atoms with E-state index in [2.05, 4.69) is 41.6 Å². The molecule has 3 aliphatic rings. The molecule has 0 aliphatic heterocycles. The predicted octanol–water partition coefficient (Wildman–Crippen LogP) is 5.75. The van der Waals surface area contributed by atoms with Crippen molar-refractivity contribution in [3.05, 3.63) is 65.4 Å². The highest BCUT2D eigenvalue weighted by Crippen LogP contribution is 2.59. The van der Waals surface area contributed by atoms with Gasteiger partial charge in [-0.25, -0.2) is 5.43 Å². The molecule has 4 atom stereocenters. The van der Waals surface area contributed by atoms with Gasteiger partial charge in [0.05, 0.1) is 13.5 Å². The molecule has 0 saturated heterocycles. The van der Waals surface area contributed by atoms with Crippen molar-refractivity contribution in [2.75, 3.05) is 7.11 Å². The summed E-state index contributed by atoms with van der Waals surface area (Å²) in [7, 11) is 1.75. The zero-order valence-corrected chi connectivity index (χ0v) is 20.1. The second kappa shape index (κ2) is 8.30. The molecule has 2 saturated carbocycles. The first kappa shape index (κ1) is 21.5. The number of hydrogen-bond acceptors (Lipinski definition) is 3. The molecule has 2 N–H and O–H groups in total. The highest BCUT2D eigenvalue weighted by molar-refractivity contribution is 5.94. The van der Waals surface area contributed by atoms with Crippen LogP contribution in [0.1, 0.15) is 61.6 Å². The minimum atomic E-state index is -0.0430. The number of amides is 1. The normalized spacial score (nSPS) is 28.9. The largest absolute Gasteiger partial charge is 0.497 e. The van der Waals surface area contributed by atoms with Crippen LogP contribution in [0.5, 0.6) is 5.75 Å². The average molecular weight is 456 g/mol. The topological polar surface area (TPSA) is 66.5 Å². The first-order valence-electron chi connectivity index (χ1n) is 12.6. The number of nitrogens with zero attached hydrogens (tertiary/aromatic N) is 1. The number of H-pyrrole nitrogens is 1. The number of hydrogen-bond donors (Lipinski definition) is 2. The Morgan fingerprint density at radius 1 is 1.18 bits per heavy atom. The maximum absolute atomic E-state index is 12.8. The van der Waals surface area contributed by atoms with Gasteiger partial charge in [0, 0.05) is 28.2 Å². The minimum absolute atomic E-state index is 0.0430. The monoisotopic (exact) mass is 455 g/mol. The minimum Gasteiger partial charge on any atom is -0.497 e. The van der Waals surface area contributed by atoms with Crippen molar-refractivity contribution in [1.82, 2.24) is 10.4 Å². The van der Waals surface area contributed by atoms with E-state index in [-0.39, 0.29) is 11.3 Å². The summed E-state index contributed by atoms with van der Waals surface area (Å²) in [6.45, 7) is 2.40. The molecular weight excluding hydrogens is 422 g/mol. The molecule has 1 heterocycles. The van der Waals surface area contributed by atoms with Gasteiger partial charge in [-0.2, -0.15) is 5.10 Å². The summed E-state index contributed by atoms with van der Waals surface area (Å²) in [5.74, 6) is 2.92. The zero-order valence-electron chi connectivity index (χ0n) is 20.1. The number of carbonyl (C=O) groups excluding carboxylic acids is 1. The van der Waals surface area contributed by atoms with Gasteiger partial charge in [0.1, 0.15) is 5.75 Å². The molecule has 3 aromatic rings. The number of rotatable bonds is 4. The number of para-hydroxylation sites is 1. The van der Waals surface area contributed by atoms with Crippen LogP contribution in [0.15, 0.2) is 53.8 Å². The lowest BCUT2D eigenvalue weighted by molar-refractivity contribution is -0.120. The number of carbonyl (C=O) groups is 1. The Hall–Kier alpha value is -3.08. The van der Waals surface area contributed by atoms with Gasteiger partial charge in [0.25, 0.3) is 0 Å². The molecule has 0 radical (unpaired) electrons. The van der Waals surface area contributed by atoms with E-state index in [1.807, 2.05) is 24.4 Å². The molecule has 2 fully saturated rings. The number of hydrazone groups is 1. The standard InChI is InChI=1S/C29H33N3O2/c1-29-14-13-23-21-10-8-20(34-2)15-18(21)7-9-24(23)25(29)11-12-27(29)31-32-28(33)16-19-17-30-26-6-4-3-5-22(19)26/h3-6,8,10,15,17,23-25,30H,7,9,11-14,16H2,1-2H3,(H,32,33). The number of aryl methyl sites for hydroxylation is 1. The first-order chi connectivity index (χ1) is 16.6. The Balaban J connectivity index is 1.17. The van der Waals surface area contributed by atoms with Crippen LogP contribution >= 0.6 is 0 Å². The van der Waals surface area contributed by atoms with Crippen molar-refractivity contribution in [1.29, 1.82) is 0 Å². The number of aromatic amines is 1. The fourth-order valence-electron chi connectivity index (χ4n) is 7.28. The van der Waals surface area contributed by atoms with Crippen molar-refractivity contribution in [3.63, 3.8) is 0 Å². The van der Waals surface area contributed by atoms with Crippen LogP contribution in [0.4, 0.5) is 0 Å². The number of benzene rings is 2. The third kappa shape index (κ3) is 3.44. The van der Waals surface area contributed by atoms with Gasteiger partial charge in [-0.15, -0.1) is 0 Å². The predicted molar refractivity (Wildman–Crippen MR) is 135 cm³/mol. The van der Waals surface area contributed by atoms with Crippen LogP contribution in [0.25, 0.3) is 10.9 Å². The number of fused-ring (bicyclic) bond motifs is 6. The highest BCUT2D eigenvalue weighted by Gasteiger charge is 2.53. The van der Waals surface area contributed by atoms with Crippen molar-refractivity contribution in [3.8, 4) is 5.75 Å². The third-order valence-electron chi connectivity index (χ3n) is 9.02. The van der Waals surface area contributed by atoms with E-state index in [4.69, 9.17) is 9.84 Å². The van der Waals surface area contributed by atoms with E-state index in [1.165, 1.54) is 36.1 Å². The second-order valence-corrected chi connectivity index (χ2v) is 10.6. The summed E-state index contributed by atoms with van der Waals surface area (Å²) < 4.78 is 5.46. The van der Waals surface area contributed by atoms with Crippen molar-refractivity contribution in [2.45, 2.75) is 57.8 Å². The van der Waals surface area contributed by atoms with Crippen molar-refractivity contribution >= 4 is 22.5 Å². The van der Waals surface area contributed by atoms with Gasteiger partial charge < -0.3 is 9.72 Å². The van der Waals surface area contributed by atoms with Gasteiger partial charge >= 0.3 is 0 Å². The van der Waals surface area contributed by atoms with Crippen LogP contribution < -0.4 is 10.2 Å². The molecule has 5 heteroatoms. The Morgan fingerprint density at radius 3 is 2.94 bits per heavy atom. The molecule has 1 amide bonds. The van der Waals surface area contributed by atoms with Gasteiger partial charge in [-0.05, 0) is 91.2 Å². The number of methoxy groups -OCH3 is 1. The van der Waals surface area contributed by atoms with Crippen LogP contribution in [-0.4, -0.2) is 23.7 Å². The SMILES string of the molecule is COc1ccc2c(c1)CCC1C2CCC2(C)C(=NNC(=O)Cc3c[nH]c4ccccc34)CCC12. The molecular formula is C29H33N3O2. The van der Waals surface area contributed by atoms with E-state index in [9.17, 15) is 4.79 Å². The summed E-state index contributed by atoms with van der Waals surface area (Å²) in [5.41, 5.74) is 9.29.